The number of benzene rings is 2. The van der Waals surface area contributed by atoms with E-state index in [9.17, 15) is 4.79 Å². The minimum Gasteiger partial charge on any atom is -0.497 e. The van der Waals surface area contributed by atoms with E-state index in [0.29, 0.717) is 28.5 Å². The van der Waals surface area contributed by atoms with E-state index < -0.39 is 5.91 Å². The number of ether oxygens (including phenoxy) is 3. The average Bonchev–Trinajstić information content (AvgIpc) is 3.60. The summed E-state index contributed by atoms with van der Waals surface area (Å²) in [5.41, 5.74) is 10.6. The molecule has 0 radical (unpaired) electrons. The summed E-state index contributed by atoms with van der Waals surface area (Å²) in [4.78, 5) is 13.1. The zero-order valence-corrected chi connectivity index (χ0v) is 18.1. The van der Waals surface area contributed by atoms with Crippen molar-refractivity contribution in [2.24, 2.45) is 5.10 Å². The van der Waals surface area contributed by atoms with Crippen LogP contribution in [-0.2, 0) is 0 Å². The van der Waals surface area contributed by atoms with E-state index in [0.717, 1.165) is 5.56 Å². The lowest BCUT2D eigenvalue weighted by atomic mass is 10.1. The van der Waals surface area contributed by atoms with Crippen molar-refractivity contribution in [2.75, 3.05) is 19.6 Å². The topological polar surface area (TPSA) is 165 Å². The van der Waals surface area contributed by atoms with Gasteiger partial charge >= 0.3 is 0 Å². The van der Waals surface area contributed by atoms with Gasteiger partial charge in [0.15, 0.2) is 17.2 Å². The first-order chi connectivity index (χ1) is 16.5. The van der Waals surface area contributed by atoms with Gasteiger partial charge in [-0.05, 0) is 65.3 Å². The fraction of sp³-hybridized carbons (Fsp3) is 0.143. The van der Waals surface area contributed by atoms with Crippen LogP contribution in [0.4, 0.5) is 5.82 Å². The molecule has 2 aromatic heterocycles. The Labute approximate surface area is 192 Å². The normalized spacial score (nSPS) is 12.6. The van der Waals surface area contributed by atoms with Gasteiger partial charge in [-0.3, -0.25) is 4.79 Å². The van der Waals surface area contributed by atoms with Gasteiger partial charge in [-0.1, -0.05) is 5.21 Å². The van der Waals surface area contributed by atoms with Crippen LogP contribution in [0.2, 0.25) is 0 Å². The second-order valence-corrected chi connectivity index (χ2v) is 7.11. The summed E-state index contributed by atoms with van der Waals surface area (Å²) in [5.74, 6) is 1.27. The molecule has 1 aliphatic heterocycles. The molecule has 0 fully saturated rings. The number of hydrogen-bond donors (Lipinski definition) is 2. The van der Waals surface area contributed by atoms with Gasteiger partial charge < -0.3 is 19.9 Å². The Morgan fingerprint density at radius 3 is 2.68 bits per heavy atom. The van der Waals surface area contributed by atoms with Crippen LogP contribution in [0.15, 0.2) is 52.2 Å². The molecule has 172 valence electrons. The Kier molecular flexibility index (Phi) is 5.26. The van der Waals surface area contributed by atoms with E-state index >= 15 is 0 Å². The van der Waals surface area contributed by atoms with Gasteiger partial charge in [0.05, 0.1) is 12.8 Å². The molecule has 13 heteroatoms. The summed E-state index contributed by atoms with van der Waals surface area (Å²) in [6.45, 7) is 1.86. The highest BCUT2D eigenvalue weighted by atomic mass is 16.7. The van der Waals surface area contributed by atoms with E-state index in [-0.39, 0.29) is 29.8 Å². The lowest BCUT2D eigenvalue weighted by molar-refractivity contribution is 0.0950. The van der Waals surface area contributed by atoms with Crippen molar-refractivity contribution in [1.29, 1.82) is 0 Å². The van der Waals surface area contributed by atoms with Crippen molar-refractivity contribution in [3.8, 4) is 34.3 Å². The van der Waals surface area contributed by atoms with Crippen LogP contribution in [-0.4, -0.2) is 50.8 Å². The van der Waals surface area contributed by atoms with Gasteiger partial charge in [-0.15, -0.1) is 5.10 Å². The van der Waals surface area contributed by atoms with Gasteiger partial charge in [0.25, 0.3) is 5.91 Å². The molecule has 1 aliphatic rings. The molecule has 34 heavy (non-hydrogen) atoms. The molecule has 0 bridgehead atoms. The standard InChI is InChI=1S/C21H18N8O5/c1-11(12-3-6-14(31-2)7-4-12)23-25-21(30)17-18(13-5-8-15-16(9-13)33-10-32-15)29(28-24-17)20-19(22)26-34-27-20/h3-9H,10H2,1-2H3,(H2,22,26)(H,25,30). The highest BCUT2D eigenvalue weighted by Crippen LogP contribution is 2.37. The maximum Gasteiger partial charge on any atom is 0.294 e. The van der Waals surface area contributed by atoms with Gasteiger partial charge in [0.1, 0.15) is 11.4 Å². The number of hydrogen-bond acceptors (Lipinski definition) is 11. The summed E-state index contributed by atoms with van der Waals surface area (Å²) in [7, 11) is 1.59. The first-order valence-corrected chi connectivity index (χ1v) is 9.98. The second kappa shape index (κ2) is 8.54. The number of aromatic nitrogens is 5. The van der Waals surface area contributed by atoms with Gasteiger partial charge in [0, 0.05) is 5.56 Å². The van der Waals surface area contributed by atoms with Crippen LogP contribution in [0, 0.1) is 0 Å². The molecular weight excluding hydrogens is 444 g/mol. The van der Waals surface area contributed by atoms with Crippen LogP contribution in [0.5, 0.6) is 17.2 Å². The third-order valence-electron chi connectivity index (χ3n) is 5.06. The van der Waals surface area contributed by atoms with Gasteiger partial charge in [0.2, 0.25) is 18.4 Å². The molecule has 0 unspecified atom stereocenters. The van der Waals surface area contributed by atoms with Crippen molar-refractivity contribution in [2.45, 2.75) is 6.92 Å². The van der Waals surface area contributed by atoms with Crippen molar-refractivity contribution in [3.05, 3.63) is 53.7 Å². The molecule has 4 aromatic rings. The molecule has 3 heterocycles. The first kappa shape index (κ1) is 20.9. The molecular formula is C21H18N8O5. The number of nitrogen functional groups attached to an aromatic ring is 1. The smallest absolute Gasteiger partial charge is 0.294 e. The number of nitrogens with zero attached hydrogens (tertiary/aromatic N) is 6. The highest BCUT2D eigenvalue weighted by molar-refractivity contribution is 6.02. The number of amides is 1. The number of methoxy groups -OCH3 is 1. The molecule has 0 atom stereocenters. The molecule has 13 nitrogen and oxygen atoms in total. The highest BCUT2D eigenvalue weighted by Gasteiger charge is 2.27. The molecule has 5 rings (SSSR count). The fourth-order valence-corrected chi connectivity index (χ4v) is 3.31. The van der Waals surface area contributed by atoms with Crippen LogP contribution >= 0.6 is 0 Å². The summed E-state index contributed by atoms with van der Waals surface area (Å²) in [6, 6.07) is 12.4. The summed E-state index contributed by atoms with van der Waals surface area (Å²) >= 11 is 0. The van der Waals surface area contributed by atoms with E-state index in [2.05, 4.69) is 35.8 Å². The maximum absolute atomic E-state index is 13.1. The summed E-state index contributed by atoms with van der Waals surface area (Å²) in [6.07, 6.45) is 0. The zero-order valence-electron chi connectivity index (χ0n) is 18.1. The van der Waals surface area contributed by atoms with E-state index in [1.807, 2.05) is 12.1 Å². The number of rotatable bonds is 6. The lowest BCUT2D eigenvalue weighted by Gasteiger charge is -2.07. The molecule has 0 saturated heterocycles. The van der Waals surface area contributed by atoms with Crippen molar-refractivity contribution in [1.82, 2.24) is 30.7 Å². The Morgan fingerprint density at radius 1 is 1.15 bits per heavy atom. The number of anilines is 1. The quantitative estimate of drug-likeness (QED) is 0.319. The molecule has 1 amide bonds. The Morgan fingerprint density at radius 2 is 1.94 bits per heavy atom. The molecule has 0 spiro atoms. The number of carbonyl (C=O) groups excluding carboxylic acids is 1. The van der Waals surface area contributed by atoms with E-state index in [1.165, 1.54) is 4.68 Å². The van der Waals surface area contributed by atoms with E-state index in [4.69, 9.17) is 19.9 Å². The van der Waals surface area contributed by atoms with Gasteiger partial charge in [-0.25, -0.2) is 10.1 Å². The number of hydrazone groups is 1. The molecule has 2 aromatic carbocycles. The Bertz CT molecular complexity index is 1390. The number of nitrogens with two attached hydrogens (primary N) is 1. The number of carbonyl (C=O) groups is 1. The maximum atomic E-state index is 13.1. The predicted molar refractivity (Wildman–Crippen MR) is 118 cm³/mol. The molecule has 3 N–H and O–H groups in total. The van der Waals surface area contributed by atoms with Crippen LogP contribution in [0.3, 0.4) is 0 Å². The number of fused-ring (bicyclic) bond motifs is 1. The minimum absolute atomic E-state index is 0.0208. The Hall–Kier alpha value is -4.94. The zero-order chi connectivity index (χ0) is 23.7. The van der Waals surface area contributed by atoms with E-state index in [1.54, 1.807) is 44.4 Å². The largest absolute Gasteiger partial charge is 0.497 e. The first-order valence-electron chi connectivity index (χ1n) is 9.98. The van der Waals surface area contributed by atoms with Crippen LogP contribution in [0.25, 0.3) is 17.1 Å². The average molecular weight is 462 g/mol. The van der Waals surface area contributed by atoms with Crippen LogP contribution in [0.1, 0.15) is 23.0 Å². The lowest BCUT2D eigenvalue weighted by Crippen LogP contribution is -2.21. The third kappa shape index (κ3) is 3.74. The molecule has 0 aliphatic carbocycles. The van der Waals surface area contributed by atoms with Crippen molar-refractivity contribution >= 4 is 17.4 Å². The monoisotopic (exact) mass is 462 g/mol. The van der Waals surface area contributed by atoms with Crippen LogP contribution < -0.4 is 25.4 Å². The summed E-state index contributed by atoms with van der Waals surface area (Å²) in [5, 5.41) is 19.6. The number of nitrogens with one attached hydrogen (secondary N) is 1. The fourth-order valence-electron chi connectivity index (χ4n) is 3.31. The second-order valence-electron chi connectivity index (χ2n) is 7.11. The Balaban J connectivity index is 1.50. The third-order valence-corrected chi connectivity index (χ3v) is 5.06. The SMILES string of the molecule is COc1ccc(C(C)=NNC(=O)c2nnn(-c3nonc3N)c2-c2ccc3c(c2)OCO3)cc1. The van der Waals surface area contributed by atoms with Crippen molar-refractivity contribution in [3.63, 3.8) is 0 Å². The van der Waals surface area contributed by atoms with Crippen molar-refractivity contribution < 1.29 is 23.6 Å². The minimum atomic E-state index is -0.596. The summed E-state index contributed by atoms with van der Waals surface area (Å²) < 4.78 is 21.9. The predicted octanol–water partition coefficient (Wildman–Crippen LogP) is 1.79. The van der Waals surface area contributed by atoms with Gasteiger partial charge in [-0.2, -0.15) is 9.78 Å². The molecule has 0 saturated carbocycles.